The molecule has 1 aromatic carbocycles. The number of piperidine rings is 1. The van der Waals surface area contributed by atoms with Crippen LogP contribution in [0.4, 0.5) is 14.9 Å². The summed E-state index contributed by atoms with van der Waals surface area (Å²) in [5, 5.41) is 9.51. The van der Waals surface area contributed by atoms with Crippen LogP contribution in [0.25, 0.3) is 10.9 Å². The number of rotatable bonds is 6. The van der Waals surface area contributed by atoms with Gasteiger partial charge in [-0.15, -0.1) is 0 Å². The number of aromatic nitrogens is 1. The highest BCUT2D eigenvalue weighted by Crippen LogP contribution is 2.45. The molecule has 0 radical (unpaired) electrons. The van der Waals surface area contributed by atoms with Gasteiger partial charge in [0.15, 0.2) is 11.6 Å². The summed E-state index contributed by atoms with van der Waals surface area (Å²) < 4.78 is 28.4. The Morgan fingerprint density at radius 3 is 2.71 bits per heavy atom. The van der Waals surface area contributed by atoms with Gasteiger partial charge in [0.1, 0.15) is 17.9 Å². The number of hydrogen-bond donors (Lipinski definition) is 1. The second kappa shape index (κ2) is 8.90. The number of benzene rings is 1. The van der Waals surface area contributed by atoms with E-state index < -0.39 is 23.3 Å². The summed E-state index contributed by atoms with van der Waals surface area (Å²) in [6.07, 6.45) is 5.86. The van der Waals surface area contributed by atoms with Gasteiger partial charge in [0.05, 0.1) is 24.1 Å². The fourth-order valence-electron chi connectivity index (χ4n) is 5.53. The number of nitrogens with zero attached hydrogens (tertiary/aromatic N) is 3. The highest BCUT2D eigenvalue weighted by molar-refractivity contribution is 5.97. The van der Waals surface area contributed by atoms with E-state index in [1.54, 1.807) is 9.47 Å². The van der Waals surface area contributed by atoms with Crippen LogP contribution in [-0.4, -0.2) is 66.0 Å². The number of halogens is 1. The number of amides is 1. The summed E-state index contributed by atoms with van der Waals surface area (Å²) in [7, 11) is 1.42. The number of anilines is 1. The van der Waals surface area contributed by atoms with Crippen molar-refractivity contribution < 1.29 is 28.6 Å². The molecule has 1 N–H and O–H groups in total. The first kappa shape index (κ1) is 23.2. The molecule has 2 atom stereocenters. The van der Waals surface area contributed by atoms with Gasteiger partial charge in [0.25, 0.3) is 0 Å². The van der Waals surface area contributed by atoms with Crippen LogP contribution in [0.3, 0.4) is 0 Å². The van der Waals surface area contributed by atoms with Crippen LogP contribution in [0.5, 0.6) is 5.75 Å². The quantitative estimate of drug-likeness (QED) is 0.626. The van der Waals surface area contributed by atoms with Crippen LogP contribution in [0.2, 0.25) is 0 Å². The number of likely N-dealkylation sites (tertiary alicyclic amines) is 1. The molecule has 3 aliphatic rings. The number of carboxylic acid groups (broad SMARTS) is 1. The van der Waals surface area contributed by atoms with Crippen molar-refractivity contribution in [2.24, 2.45) is 5.92 Å². The van der Waals surface area contributed by atoms with E-state index >= 15 is 4.39 Å². The molecule has 0 bridgehead atoms. The number of carbonyl (C=O) groups is 2. The number of methoxy groups -OCH3 is 1. The largest absolute Gasteiger partial charge is 0.492 e. The topological polar surface area (TPSA) is 101 Å². The molecular formula is C25H28FN3O6. The molecule has 1 aromatic heterocycles. The summed E-state index contributed by atoms with van der Waals surface area (Å²) in [6.45, 7) is 5.19. The summed E-state index contributed by atoms with van der Waals surface area (Å²) in [5.74, 6) is -1.65. The molecule has 35 heavy (non-hydrogen) atoms. The number of aromatic carboxylic acids is 1. The van der Waals surface area contributed by atoms with Gasteiger partial charge in [-0.1, -0.05) is 12.7 Å². The van der Waals surface area contributed by atoms with Gasteiger partial charge in [-0.3, -0.25) is 4.79 Å². The maximum Gasteiger partial charge on any atom is 0.410 e. The lowest BCUT2D eigenvalue weighted by Crippen LogP contribution is -2.48. The van der Waals surface area contributed by atoms with Gasteiger partial charge in [0, 0.05) is 31.9 Å². The summed E-state index contributed by atoms with van der Waals surface area (Å²) in [5.41, 5.74) is -0.497. The molecule has 1 aliphatic carbocycles. The van der Waals surface area contributed by atoms with E-state index in [0.717, 1.165) is 31.7 Å². The molecule has 2 aromatic rings. The smallest absolute Gasteiger partial charge is 0.410 e. The summed E-state index contributed by atoms with van der Waals surface area (Å²) in [6, 6.07) is 1.01. The Hall–Kier alpha value is -3.56. The number of fused-ring (bicyclic) bond motifs is 2. The van der Waals surface area contributed by atoms with Crippen LogP contribution in [0, 0.1) is 11.7 Å². The molecule has 186 valence electrons. The lowest BCUT2D eigenvalue weighted by atomic mass is 9.92. The number of hydrogen-bond acceptors (Lipinski definition) is 6. The molecule has 9 nitrogen and oxygen atoms in total. The van der Waals surface area contributed by atoms with Gasteiger partial charge in [-0.2, -0.15) is 0 Å². The van der Waals surface area contributed by atoms with Crippen LogP contribution >= 0.6 is 0 Å². The highest BCUT2D eigenvalue weighted by Gasteiger charge is 2.43. The van der Waals surface area contributed by atoms with Gasteiger partial charge < -0.3 is 28.9 Å². The number of carboxylic acids is 1. The average molecular weight is 486 g/mol. The van der Waals surface area contributed by atoms with Crippen molar-refractivity contribution in [2.75, 3.05) is 38.3 Å². The second-order valence-corrected chi connectivity index (χ2v) is 9.39. The predicted octanol–water partition coefficient (Wildman–Crippen LogP) is 3.41. The third-order valence-electron chi connectivity index (χ3n) is 7.23. The maximum atomic E-state index is 15.6. The standard InChI is InChI=1S/C25H28FN3O6/c1-3-9-35-25(33)28-8-4-5-14-11-27(13-19(14)28)21-18(26)10-16-20(23(21)34-2)29(15-6-7-15)12-17(22(16)30)24(31)32/h3,10,12,14-15,19H,1,4-9,11,13H2,2H3,(H,31,32)/t14-,19+/m0/s1. The first-order valence-electron chi connectivity index (χ1n) is 11.8. The van der Waals surface area contributed by atoms with Gasteiger partial charge >= 0.3 is 12.1 Å². The molecule has 0 unspecified atom stereocenters. The first-order valence-corrected chi connectivity index (χ1v) is 11.8. The number of ether oxygens (including phenoxy) is 2. The fraction of sp³-hybridized carbons (Fsp3) is 0.480. The molecule has 2 saturated heterocycles. The molecule has 0 spiro atoms. The van der Waals surface area contributed by atoms with Gasteiger partial charge in [-0.25, -0.2) is 14.0 Å². The fourth-order valence-corrected chi connectivity index (χ4v) is 5.53. The van der Waals surface area contributed by atoms with E-state index in [9.17, 15) is 19.5 Å². The third kappa shape index (κ3) is 3.90. The van der Waals surface area contributed by atoms with Gasteiger partial charge in [-0.05, 0) is 37.7 Å². The zero-order valence-electron chi connectivity index (χ0n) is 19.5. The molecule has 1 saturated carbocycles. The number of pyridine rings is 1. The molecule has 1 amide bonds. The van der Waals surface area contributed by atoms with E-state index in [0.29, 0.717) is 25.2 Å². The van der Waals surface area contributed by atoms with E-state index in [4.69, 9.17) is 9.47 Å². The maximum absolute atomic E-state index is 15.6. The minimum atomic E-state index is -1.35. The van der Waals surface area contributed by atoms with Crippen molar-refractivity contribution >= 4 is 28.7 Å². The molecule has 10 heteroatoms. The van der Waals surface area contributed by atoms with Crippen LogP contribution < -0.4 is 15.1 Å². The van der Waals surface area contributed by atoms with Crippen molar-refractivity contribution in [3.05, 3.63) is 46.5 Å². The summed E-state index contributed by atoms with van der Waals surface area (Å²) in [4.78, 5) is 40.8. The Morgan fingerprint density at radius 2 is 2.06 bits per heavy atom. The predicted molar refractivity (Wildman–Crippen MR) is 127 cm³/mol. The SMILES string of the molecule is C=CCOC(=O)N1CCC[C@H]2CN(c3c(F)cc4c(=O)c(C(=O)O)cn(C5CC5)c4c3OC)C[C@H]21. The first-order chi connectivity index (χ1) is 16.8. The lowest BCUT2D eigenvalue weighted by Gasteiger charge is -2.35. The van der Waals surface area contributed by atoms with Crippen molar-refractivity contribution in [3.63, 3.8) is 0 Å². The Balaban J connectivity index is 1.59. The van der Waals surface area contributed by atoms with Crippen molar-refractivity contribution in [1.82, 2.24) is 9.47 Å². The number of carbonyl (C=O) groups excluding carboxylic acids is 1. The third-order valence-corrected chi connectivity index (χ3v) is 7.23. The molecule has 2 aliphatic heterocycles. The van der Waals surface area contributed by atoms with E-state index in [2.05, 4.69) is 6.58 Å². The molecule has 3 fully saturated rings. The van der Waals surface area contributed by atoms with Crippen LogP contribution in [-0.2, 0) is 4.74 Å². The van der Waals surface area contributed by atoms with Gasteiger partial charge in [0.2, 0.25) is 5.43 Å². The van der Waals surface area contributed by atoms with Crippen molar-refractivity contribution in [1.29, 1.82) is 0 Å². The van der Waals surface area contributed by atoms with E-state index in [1.165, 1.54) is 19.4 Å². The van der Waals surface area contributed by atoms with Crippen molar-refractivity contribution in [3.8, 4) is 5.75 Å². The lowest BCUT2D eigenvalue weighted by molar-refractivity contribution is 0.0693. The minimum absolute atomic E-state index is 0.0128. The highest BCUT2D eigenvalue weighted by atomic mass is 19.1. The Kier molecular flexibility index (Phi) is 5.90. The summed E-state index contributed by atoms with van der Waals surface area (Å²) >= 11 is 0. The second-order valence-electron chi connectivity index (χ2n) is 9.39. The molecular weight excluding hydrogens is 457 g/mol. The molecule has 5 rings (SSSR count). The Labute approximate surface area is 201 Å². The van der Waals surface area contributed by atoms with Crippen LogP contribution in [0.1, 0.15) is 42.1 Å². The molecule has 3 heterocycles. The normalized spacial score (nSPS) is 21.7. The van der Waals surface area contributed by atoms with Crippen molar-refractivity contribution in [2.45, 2.75) is 37.8 Å². The zero-order valence-corrected chi connectivity index (χ0v) is 19.5. The monoisotopic (exact) mass is 485 g/mol. The van der Waals surface area contributed by atoms with Crippen LogP contribution in [0.15, 0.2) is 29.7 Å². The Morgan fingerprint density at radius 1 is 1.29 bits per heavy atom. The Bertz CT molecular complexity index is 1270. The minimum Gasteiger partial charge on any atom is -0.492 e. The van der Waals surface area contributed by atoms with E-state index in [1.807, 2.05) is 4.90 Å². The van der Waals surface area contributed by atoms with E-state index in [-0.39, 0.29) is 47.0 Å². The average Bonchev–Trinajstić information content (AvgIpc) is 3.59. The zero-order chi connectivity index (χ0) is 24.9.